The van der Waals surface area contributed by atoms with Crippen LogP contribution in [0, 0.1) is 0 Å². The molecule has 0 bridgehead atoms. The first-order valence-corrected chi connectivity index (χ1v) is 28.5. The van der Waals surface area contributed by atoms with Crippen LogP contribution in [0.15, 0.2) is 91.0 Å². The third-order valence-corrected chi connectivity index (χ3v) is 19.0. The van der Waals surface area contributed by atoms with Crippen molar-refractivity contribution in [2.45, 2.75) is 218 Å². The van der Waals surface area contributed by atoms with Gasteiger partial charge in [-0.25, -0.2) is 0 Å². The molecule has 5 rings (SSSR count). The van der Waals surface area contributed by atoms with Crippen LogP contribution in [0.5, 0.6) is 0 Å². The Morgan fingerprint density at radius 1 is 0.446 bits per heavy atom. The van der Waals surface area contributed by atoms with Gasteiger partial charge in [0.2, 0.25) is 0 Å². The molecule has 2 saturated heterocycles. The largest absolute Gasteiger partial charge is 1.00 e. The fraction of sp³-hybridized carbons (Fsp3) is 0.679. The average Bonchev–Trinajstić information content (AvgIpc) is 3.26. The number of rotatable bonds is 26. The van der Waals surface area contributed by atoms with Gasteiger partial charge in [-0.05, 0) is 150 Å². The van der Waals surface area contributed by atoms with E-state index in [-0.39, 0.29) is 51.3 Å². The predicted octanol–water partition coefficient (Wildman–Crippen LogP) is 11.5. The zero-order valence-corrected chi connectivity index (χ0v) is 46.2. The van der Waals surface area contributed by atoms with Crippen molar-refractivity contribution in [2.75, 3.05) is 24.7 Å². The highest BCUT2D eigenvalue weighted by Gasteiger charge is 2.47. The fourth-order valence-electron chi connectivity index (χ4n) is 10.7. The third-order valence-electron chi connectivity index (χ3n) is 13.9. The first-order valence-electron chi connectivity index (χ1n) is 25.4. The number of alkyl halides is 1. The van der Waals surface area contributed by atoms with Crippen LogP contribution in [-0.2, 0) is 9.47 Å². The van der Waals surface area contributed by atoms with Gasteiger partial charge >= 0.3 is 0 Å². The summed E-state index contributed by atoms with van der Waals surface area (Å²) in [4.78, 5) is 0. The molecule has 2 aliphatic heterocycles. The van der Waals surface area contributed by atoms with Gasteiger partial charge in [0.25, 0.3) is 0 Å². The van der Waals surface area contributed by atoms with Crippen molar-refractivity contribution in [1.29, 1.82) is 0 Å². The summed E-state index contributed by atoms with van der Waals surface area (Å²) in [6.07, 6.45) is 26.1. The molecular formula is C56H91Br2N2O4P. The molecule has 0 aliphatic carbocycles. The Balaban J connectivity index is 0.000000399. The average molecular weight is 1050 g/mol. The van der Waals surface area contributed by atoms with E-state index in [0.717, 1.165) is 50.6 Å². The Kier molecular flexibility index (Phi) is 26.0. The van der Waals surface area contributed by atoms with Crippen molar-refractivity contribution in [3.8, 4) is 0 Å². The number of piperidine rings is 2. The monoisotopic (exact) mass is 1040 g/mol. The van der Waals surface area contributed by atoms with Crippen LogP contribution in [-0.4, -0.2) is 79.6 Å². The summed E-state index contributed by atoms with van der Waals surface area (Å²) in [6, 6.07) is 33.8. The standard InChI is InChI=1S/C37H53NO2P.C19H38BrNO2.BrH/c1-36(2)30-32(31-37(3,4)38(36)39)40-28-20-9-7-5-6-8-10-21-29-41(33-22-14-11-15-23-33,34-24-16-12-17-25-34)35-26-18-13-19-27-35;1-18(2)15-17(16-19(3,4)21(18)22)23-14-12-10-8-6-5-7-9-11-13-20;/h11-19,22-27,32,39H,5-10,20-21,28-31H2,1-4H3;17,22H,5-16H2,1-4H3;1H/q+1;;/p-1. The van der Waals surface area contributed by atoms with Gasteiger partial charge in [-0.1, -0.05) is 141 Å². The molecule has 65 heavy (non-hydrogen) atoms. The molecule has 0 atom stereocenters. The number of hydroxylamine groups is 4. The molecule has 2 heterocycles. The van der Waals surface area contributed by atoms with Crippen molar-refractivity contribution < 1.29 is 36.9 Å². The Morgan fingerprint density at radius 3 is 1.00 bits per heavy atom. The molecule has 0 unspecified atom stereocenters. The van der Waals surface area contributed by atoms with Crippen molar-refractivity contribution in [2.24, 2.45) is 0 Å². The second-order valence-corrected chi connectivity index (χ2v) is 26.0. The second-order valence-electron chi connectivity index (χ2n) is 21.6. The minimum absolute atomic E-state index is 0. The van der Waals surface area contributed by atoms with Crippen molar-refractivity contribution in [1.82, 2.24) is 10.1 Å². The van der Waals surface area contributed by atoms with Gasteiger partial charge in [-0.2, -0.15) is 10.1 Å². The number of benzene rings is 3. The van der Waals surface area contributed by atoms with E-state index < -0.39 is 7.26 Å². The summed E-state index contributed by atoms with van der Waals surface area (Å²) >= 11 is 3.48. The van der Waals surface area contributed by atoms with Crippen LogP contribution in [0.4, 0.5) is 0 Å². The lowest BCUT2D eigenvalue weighted by Crippen LogP contribution is -3.00. The molecule has 3 aromatic rings. The maximum Gasteiger partial charge on any atom is 0.112 e. The molecule has 2 N–H and O–H groups in total. The van der Waals surface area contributed by atoms with E-state index in [0.29, 0.717) is 0 Å². The maximum absolute atomic E-state index is 10.5. The normalized spacial score (nSPS) is 18.7. The smallest absolute Gasteiger partial charge is 0.112 e. The van der Waals surface area contributed by atoms with E-state index in [1.165, 1.54) is 129 Å². The van der Waals surface area contributed by atoms with Crippen LogP contribution >= 0.6 is 23.2 Å². The number of hydrogen-bond donors (Lipinski definition) is 2. The van der Waals surface area contributed by atoms with Crippen LogP contribution in [0.1, 0.15) is 184 Å². The van der Waals surface area contributed by atoms with Crippen LogP contribution in [0.3, 0.4) is 0 Å². The summed E-state index contributed by atoms with van der Waals surface area (Å²) in [5.74, 6) is 0. The Hall–Kier alpha value is -1.19. The SMILES string of the molecule is CC1(C)CC(OCCCCCCCCCCBr)CC(C)(C)N1O.CC1(C)CC(OCCCCCCCCCC[P+](c2ccccc2)(c2ccccc2)c2ccccc2)CC(C)(C)N1O.[Br-]. The van der Waals surface area contributed by atoms with Crippen molar-refractivity contribution >= 4 is 39.1 Å². The second kappa shape index (κ2) is 29.1. The first kappa shape index (κ1) is 58.1. The molecule has 368 valence electrons. The quantitative estimate of drug-likeness (QED) is 0.0475. The lowest BCUT2D eigenvalue weighted by molar-refractivity contribution is -0.261. The Bertz CT molecular complexity index is 1550. The van der Waals surface area contributed by atoms with E-state index in [4.69, 9.17) is 9.47 Å². The molecule has 9 heteroatoms. The maximum atomic E-state index is 10.5. The molecule has 2 aliphatic rings. The fourth-order valence-corrected chi connectivity index (χ4v) is 15.6. The van der Waals surface area contributed by atoms with E-state index in [9.17, 15) is 10.4 Å². The number of ether oxygens (including phenoxy) is 2. The molecule has 0 spiro atoms. The van der Waals surface area contributed by atoms with Crippen molar-refractivity contribution in [3.05, 3.63) is 91.0 Å². The highest BCUT2D eigenvalue weighted by molar-refractivity contribution is 9.09. The van der Waals surface area contributed by atoms with E-state index >= 15 is 0 Å². The highest BCUT2D eigenvalue weighted by atomic mass is 79.9. The van der Waals surface area contributed by atoms with Crippen molar-refractivity contribution in [3.63, 3.8) is 0 Å². The minimum atomic E-state index is -1.69. The summed E-state index contributed by atoms with van der Waals surface area (Å²) in [6.45, 7) is 18.5. The third kappa shape index (κ3) is 18.6. The zero-order valence-electron chi connectivity index (χ0n) is 42.1. The molecule has 0 amide bonds. The van der Waals surface area contributed by atoms with E-state index in [2.05, 4.69) is 162 Å². The molecule has 2 fully saturated rings. The van der Waals surface area contributed by atoms with Gasteiger partial charge in [-0.3, -0.25) is 0 Å². The zero-order chi connectivity index (χ0) is 46.5. The lowest BCUT2D eigenvalue weighted by atomic mass is 9.80. The predicted molar refractivity (Wildman–Crippen MR) is 279 cm³/mol. The Morgan fingerprint density at radius 2 is 0.708 bits per heavy atom. The van der Waals surface area contributed by atoms with Gasteiger partial charge < -0.3 is 36.9 Å². The van der Waals surface area contributed by atoms with E-state index in [1.807, 2.05) is 0 Å². The van der Waals surface area contributed by atoms with Crippen LogP contribution < -0.4 is 32.9 Å². The summed E-state index contributed by atoms with van der Waals surface area (Å²) < 4.78 is 12.4. The van der Waals surface area contributed by atoms with E-state index in [1.54, 1.807) is 0 Å². The summed E-state index contributed by atoms with van der Waals surface area (Å²) in [5, 5.41) is 29.5. The molecule has 3 aromatic carbocycles. The van der Waals surface area contributed by atoms with Gasteiger partial charge in [0.05, 0.1) is 18.4 Å². The van der Waals surface area contributed by atoms with Crippen LogP contribution in [0.2, 0.25) is 0 Å². The number of unbranched alkanes of at least 4 members (excludes halogenated alkanes) is 14. The van der Waals surface area contributed by atoms with Gasteiger partial charge in [0, 0.05) is 40.7 Å². The molecule has 0 saturated carbocycles. The number of hydrogen-bond acceptors (Lipinski definition) is 6. The molecule has 0 aromatic heterocycles. The van der Waals surface area contributed by atoms with Gasteiger partial charge in [0.1, 0.15) is 23.2 Å². The topological polar surface area (TPSA) is 65.4 Å². The summed E-state index contributed by atoms with van der Waals surface area (Å²) in [7, 11) is -1.69. The van der Waals surface area contributed by atoms with Gasteiger partial charge in [-0.15, -0.1) is 0 Å². The lowest BCUT2D eigenvalue weighted by Gasteiger charge is -2.51. The molecular weight excluding hydrogens is 955 g/mol. The number of nitrogens with zero attached hydrogens (tertiary/aromatic N) is 2. The van der Waals surface area contributed by atoms with Crippen LogP contribution in [0.25, 0.3) is 0 Å². The highest BCUT2D eigenvalue weighted by Crippen LogP contribution is 2.56. The first-order chi connectivity index (χ1) is 30.5. The minimum Gasteiger partial charge on any atom is -1.00 e. The molecule has 6 nitrogen and oxygen atoms in total. The molecule has 0 radical (unpaired) electrons. The Labute approximate surface area is 417 Å². The number of halogens is 2. The van der Waals surface area contributed by atoms with Gasteiger partial charge in [0.15, 0.2) is 0 Å². The summed E-state index contributed by atoms with van der Waals surface area (Å²) in [5.41, 5.74) is -0.891.